The first kappa shape index (κ1) is 25.1. The number of ether oxygens (including phenoxy) is 1. The van der Waals surface area contributed by atoms with Crippen LogP contribution in [0.4, 0.5) is 0 Å². The number of carbonyl (C=O) groups is 1. The zero-order valence-electron chi connectivity index (χ0n) is 9.89. The zero-order valence-corrected chi connectivity index (χ0v) is 14.5. The summed E-state index contributed by atoms with van der Waals surface area (Å²) in [6.07, 6.45) is 4.52. The van der Waals surface area contributed by atoms with Gasteiger partial charge in [0.05, 0.1) is 12.5 Å². The van der Waals surface area contributed by atoms with E-state index < -0.39 is 0 Å². The van der Waals surface area contributed by atoms with Crippen LogP contribution in [-0.4, -0.2) is 35.6 Å². The maximum Gasteiger partial charge on any atom is 2.00 e. The molecule has 0 spiro atoms. The first-order chi connectivity index (χ1) is 5.72. The Kier molecular flexibility index (Phi) is 29.5. The average molecular weight is 356 g/mol. The van der Waals surface area contributed by atoms with Gasteiger partial charge in [-0.15, -0.1) is 0 Å². The molecule has 88 valence electrons. The van der Waals surface area contributed by atoms with E-state index in [1.165, 1.54) is 12.8 Å². The molecule has 0 rings (SSSR count). The van der Waals surface area contributed by atoms with Gasteiger partial charge in [-0.1, -0.05) is 33.1 Å². The molecule has 0 saturated heterocycles. The minimum atomic E-state index is -0.0476. The molecule has 0 fully saturated rings. The van der Waals surface area contributed by atoms with Crippen LogP contribution in [-0.2, 0) is 9.53 Å². The number of hydrogen-bond donors (Lipinski definition) is 0. The Bertz CT molecular complexity index is 135. The number of carbonyl (C=O) groups excluding carboxylic acids is 1. The van der Waals surface area contributed by atoms with Crippen molar-refractivity contribution in [3.8, 4) is 0 Å². The van der Waals surface area contributed by atoms with Crippen LogP contribution in [0, 0.1) is 5.92 Å². The van der Waals surface area contributed by atoms with Gasteiger partial charge in [0.25, 0.3) is 0 Å². The van der Waals surface area contributed by atoms with E-state index in [0.29, 0.717) is 6.61 Å². The Labute approximate surface area is 131 Å². The van der Waals surface area contributed by atoms with Gasteiger partial charge in [0.2, 0.25) is 0 Å². The zero-order chi connectivity index (χ0) is 9.40. The summed E-state index contributed by atoms with van der Waals surface area (Å²) >= 11 is 0. The molecule has 1 atom stereocenters. The molecule has 0 N–H and O–H groups in total. The second kappa shape index (κ2) is 17.6. The van der Waals surface area contributed by atoms with E-state index in [9.17, 15) is 4.79 Å². The first-order valence-corrected chi connectivity index (χ1v) is 4.89. The maximum atomic E-state index is 11.1. The molecule has 0 aromatic rings. The Morgan fingerprint density at radius 1 is 1.20 bits per heavy atom. The van der Waals surface area contributed by atoms with Crippen LogP contribution in [0.3, 0.4) is 0 Å². The monoisotopic (exact) mass is 354 g/mol. The molecule has 0 aliphatic carbocycles. The van der Waals surface area contributed by atoms with E-state index in [2.05, 4.69) is 6.92 Å². The predicted octanol–water partition coefficient (Wildman–Crippen LogP) is -3.61. The minimum absolute atomic E-state index is 0. The Hall–Kier alpha value is 1.20. The van der Waals surface area contributed by atoms with Gasteiger partial charge < -0.3 is 38.7 Å². The SMILES string of the molecule is CCCCCC(C)C(=O)OCC.[Br-].[Br-].[Mg+2]. The molecule has 0 aromatic heterocycles. The average Bonchev–Trinajstić information content (AvgIpc) is 2.05. The number of halogens is 2. The van der Waals surface area contributed by atoms with Crippen molar-refractivity contribution in [2.24, 2.45) is 5.92 Å². The van der Waals surface area contributed by atoms with Crippen molar-refractivity contribution in [2.75, 3.05) is 6.61 Å². The topological polar surface area (TPSA) is 26.3 Å². The molecule has 1 unspecified atom stereocenters. The van der Waals surface area contributed by atoms with Crippen molar-refractivity contribution < 1.29 is 43.5 Å². The summed E-state index contributed by atoms with van der Waals surface area (Å²) in [5.74, 6) is 0.0325. The summed E-state index contributed by atoms with van der Waals surface area (Å²) in [5, 5.41) is 0. The third kappa shape index (κ3) is 15.2. The molecule has 0 aromatic carbocycles. The van der Waals surface area contributed by atoms with Crippen molar-refractivity contribution >= 4 is 29.0 Å². The summed E-state index contributed by atoms with van der Waals surface area (Å²) in [5.41, 5.74) is 0. The molecule has 2 nitrogen and oxygen atoms in total. The molecule has 0 amide bonds. The fraction of sp³-hybridized carbons (Fsp3) is 0.900. The third-order valence-corrected chi connectivity index (χ3v) is 1.93. The second-order valence-electron chi connectivity index (χ2n) is 3.15. The molecule has 0 heterocycles. The van der Waals surface area contributed by atoms with Gasteiger partial charge in [-0.2, -0.15) is 0 Å². The molecule has 0 aliphatic heterocycles. The van der Waals surface area contributed by atoms with E-state index in [1.807, 2.05) is 13.8 Å². The summed E-state index contributed by atoms with van der Waals surface area (Å²) in [7, 11) is 0. The van der Waals surface area contributed by atoms with Crippen molar-refractivity contribution in [3.63, 3.8) is 0 Å². The Morgan fingerprint density at radius 2 is 1.73 bits per heavy atom. The molecular weight excluding hydrogens is 336 g/mol. The molecule has 0 saturated carbocycles. The summed E-state index contributed by atoms with van der Waals surface area (Å²) in [6, 6.07) is 0. The van der Waals surface area contributed by atoms with Gasteiger partial charge in [-0.05, 0) is 13.3 Å². The molecule has 5 heteroatoms. The third-order valence-electron chi connectivity index (χ3n) is 1.93. The predicted molar refractivity (Wildman–Crippen MR) is 55.7 cm³/mol. The summed E-state index contributed by atoms with van der Waals surface area (Å²) in [4.78, 5) is 11.1. The Morgan fingerprint density at radius 3 is 2.13 bits per heavy atom. The fourth-order valence-electron chi connectivity index (χ4n) is 1.10. The first-order valence-electron chi connectivity index (χ1n) is 4.89. The summed E-state index contributed by atoms with van der Waals surface area (Å²) in [6.45, 7) is 6.44. The Balaban J connectivity index is -0.000000202. The van der Waals surface area contributed by atoms with Crippen molar-refractivity contribution in [2.45, 2.75) is 46.5 Å². The number of rotatable bonds is 6. The van der Waals surface area contributed by atoms with E-state index in [4.69, 9.17) is 4.74 Å². The quantitative estimate of drug-likeness (QED) is 0.279. The van der Waals surface area contributed by atoms with Gasteiger partial charge in [-0.3, -0.25) is 4.79 Å². The van der Waals surface area contributed by atoms with Crippen LogP contribution >= 0.6 is 0 Å². The number of hydrogen-bond acceptors (Lipinski definition) is 2. The smallest absolute Gasteiger partial charge is 1.00 e. The van der Waals surface area contributed by atoms with Crippen molar-refractivity contribution in [1.29, 1.82) is 0 Å². The van der Waals surface area contributed by atoms with E-state index in [0.717, 1.165) is 12.8 Å². The molecule has 0 bridgehead atoms. The van der Waals surface area contributed by atoms with Crippen LogP contribution in [0.5, 0.6) is 0 Å². The number of unbranched alkanes of at least 4 members (excludes halogenated alkanes) is 2. The van der Waals surface area contributed by atoms with E-state index >= 15 is 0 Å². The summed E-state index contributed by atoms with van der Waals surface area (Å²) < 4.78 is 4.90. The van der Waals surface area contributed by atoms with Gasteiger partial charge in [0.15, 0.2) is 0 Å². The molecule has 0 aliphatic rings. The normalized spacial score (nSPS) is 10.1. The molecule has 0 radical (unpaired) electrons. The van der Waals surface area contributed by atoms with Crippen LogP contribution in [0.2, 0.25) is 0 Å². The van der Waals surface area contributed by atoms with Crippen LogP contribution in [0.1, 0.15) is 46.5 Å². The van der Waals surface area contributed by atoms with E-state index in [-0.39, 0.29) is 68.9 Å². The van der Waals surface area contributed by atoms with Gasteiger partial charge in [0.1, 0.15) is 0 Å². The largest absolute Gasteiger partial charge is 2.00 e. The minimum Gasteiger partial charge on any atom is -1.00 e. The standard InChI is InChI=1S/C10H20O2.2BrH.Mg/c1-4-6-7-8-9(3)10(11)12-5-2;;;/h9H,4-8H2,1-3H3;2*1H;/q;;;+2/p-2. The fourth-order valence-corrected chi connectivity index (χ4v) is 1.10. The van der Waals surface area contributed by atoms with Crippen molar-refractivity contribution in [3.05, 3.63) is 0 Å². The number of esters is 1. The second-order valence-corrected chi connectivity index (χ2v) is 3.15. The van der Waals surface area contributed by atoms with Crippen LogP contribution in [0.25, 0.3) is 0 Å². The van der Waals surface area contributed by atoms with Gasteiger partial charge in [0, 0.05) is 0 Å². The van der Waals surface area contributed by atoms with E-state index in [1.54, 1.807) is 0 Å². The van der Waals surface area contributed by atoms with Gasteiger partial charge >= 0.3 is 29.0 Å². The molecule has 15 heavy (non-hydrogen) atoms. The van der Waals surface area contributed by atoms with Crippen LogP contribution in [0.15, 0.2) is 0 Å². The van der Waals surface area contributed by atoms with Crippen molar-refractivity contribution in [1.82, 2.24) is 0 Å². The van der Waals surface area contributed by atoms with Gasteiger partial charge in [-0.25, -0.2) is 0 Å². The molecular formula is C10H20Br2MgO2. The maximum absolute atomic E-state index is 11.1. The van der Waals surface area contributed by atoms with Crippen LogP contribution < -0.4 is 34.0 Å².